The summed E-state index contributed by atoms with van der Waals surface area (Å²) in [4.78, 5) is 13.7. The molecule has 0 spiro atoms. The second kappa shape index (κ2) is 5.88. The van der Waals surface area contributed by atoms with Gasteiger partial charge in [0.15, 0.2) is 5.96 Å². The Balaban J connectivity index is 1.92. The molecule has 0 aliphatic carbocycles. The first-order valence-electron chi connectivity index (χ1n) is 8.93. The highest BCUT2D eigenvalue weighted by Crippen LogP contribution is 2.35. The predicted molar refractivity (Wildman–Crippen MR) is 109 cm³/mol. The van der Waals surface area contributed by atoms with Crippen molar-refractivity contribution < 1.29 is 4.79 Å². The van der Waals surface area contributed by atoms with Crippen molar-refractivity contribution in [3.8, 4) is 11.8 Å². The van der Waals surface area contributed by atoms with Gasteiger partial charge in [0.05, 0.1) is 12.0 Å². The van der Waals surface area contributed by atoms with Gasteiger partial charge in [-0.05, 0) is 49.7 Å². The maximum atomic E-state index is 12.3. The number of benzene rings is 2. The quantitative estimate of drug-likeness (QED) is 0.656. The maximum absolute atomic E-state index is 12.3. The Hall–Kier alpha value is -3.26. The number of aromatic nitrogens is 1. The molecule has 0 bridgehead atoms. The van der Waals surface area contributed by atoms with Crippen molar-refractivity contribution in [2.75, 3.05) is 7.05 Å². The number of carbonyl (C=O) groups is 1. The zero-order chi connectivity index (χ0) is 19.3. The normalized spacial score (nSPS) is 19.9. The van der Waals surface area contributed by atoms with Crippen molar-refractivity contribution in [2.24, 2.45) is 7.05 Å². The SMILES string of the molecule is CC#Cc1ccc2c(c1)c1cc(C3(C)CC(=O)N(C)C(=N)N3)ccc1n2C. The van der Waals surface area contributed by atoms with Crippen molar-refractivity contribution in [2.45, 2.75) is 25.8 Å². The predicted octanol–water partition coefficient (Wildman–Crippen LogP) is 3.30. The fraction of sp³-hybridized carbons (Fsp3) is 0.273. The number of nitrogens with zero attached hydrogens (tertiary/aromatic N) is 2. The number of hydrogen-bond donors (Lipinski definition) is 2. The average Bonchev–Trinajstić information content (AvgIpc) is 2.92. The summed E-state index contributed by atoms with van der Waals surface area (Å²) >= 11 is 0. The van der Waals surface area contributed by atoms with Gasteiger partial charge in [-0.25, -0.2) is 0 Å². The van der Waals surface area contributed by atoms with Gasteiger partial charge in [0, 0.05) is 41.5 Å². The summed E-state index contributed by atoms with van der Waals surface area (Å²) in [6.07, 6.45) is 0.314. The van der Waals surface area contributed by atoms with E-state index in [9.17, 15) is 4.79 Å². The summed E-state index contributed by atoms with van der Waals surface area (Å²) in [6, 6.07) is 12.5. The van der Waals surface area contributed by atoms with Gasteiger partial charge in [-0.1, -0.05) is 12.0 Å². The Morgan fingerprint density at radius 1 is 1.11 bits per heavy atom. The lowest BCUT2D eigenvalue weighted by molar-refractivity contribution is -0.129. The van der Waals surface area contributed by atoms with Gasteiger partial charge in [-0.15, -0.1) is 5.92 Å². The van der Waals surface area contributed by atoms with E-state index in [-0.39, 0.29) is 11.9 Å². The minimum absolute atomic E-state index is 0.0558. The molecule has 2 N–H and O–H groups in total. The summed E-state index contributed by atoms with van der Waals surface area (Å²) < 4.78 is 2.18. The molecule has 136 valence electrons. The number of carbonyl (C=O) groups excluding carboxylic acids is 1. The molecule has 5 nitrogen and oxygen atoms in total. The van der Waals surface area contributed by atoms with E-state index in [0.717, 1.165) is 32.9 Å². The first-order valence-corrected chi connectivity index (χ1v) is 8.93. The molecule has 1 aromatic heterocycles. The fourth-order valence-corrected chi connectivity index (χ4v) is 3.89. The number of nitrogens with one attached hydrogen (secondary N) is 2. The number of hydrogen-bond acceptors (Lipinski definition) is 2. The molecular formula is C22H22N4O. The largest absolute Gasteiger partial charge is 0.346 e. The van der Waals surface area contributed by atoms with Crippen LogP contribution in [0.15, 0.2) is 36.4 Å². The number of rotatable bonds is 1. The van der Waals surface area contributed by atoms with Gasteiger partial charge in [0.2, 0.25) is 5.91 Å². The molecule has 3 aromatic rings. The molecule has 5 heteroatoms. The van der Waals surface area contributed by atoms with Crippen LogP contribution in [-0.2, 0) is 17.4 Å². The minimum Gasteiger partial charge on any atom is -0.346 e. The molecule has 1 amide bonds. The summed E-state index contributed by atoms with van der Waals surface area (Å²) in [5.41, 5.74) is 3.67. The first kappa shape index (κ1) is 17.2. The summed E-state index contributed by atoms with van der Waals surface area (Å²) in [5.74, 6) is 6.16. The third-order valence-electron chi connectivity index (χ3n) is 5.52. The van der Waals surface area contributed by atoms with Gasteiger partial charge < -0.3 is 9.88 Å². The molecule has 2 heterocycles. The zero-order valence-corrected chi connectivity index (χ0v) is 16.0. The Labute approximate surface area is 158 Å². The van der Waals surface area contributed by atoms with Gasteiger partial charge in [0.1, 0.15) is 0 Å². The highest BCUT2D eigenvalue weighted by Gasteiger charge is 2.38. The van der Waals surface area contributed by atoms with Crippen LogP contribution in [0, 0.1) is 17.3 Å². The third kappa shape index (κ3) is 2.57. The van der Waals surface area contributed by atoms with Crippen LogP contribution in [0.4, 0.5) is 0 Å². The standard InChI is InChI=1S/C22H22N4O/c1-5-6-14-7-9-18-16(11-14)17-12-15(8-10-19(17)25(18)3)22(2)13-20(27)26(4)21(23)24-22/h7-12H,13H2,1-4H3,(H2,23,24). The molecule has 1 unspecified atom stereocenters. The molecule has 0 radical (unpaired) electrons. The maximum Gasteiger partial charge on any atom is 0.231 e. The number of amides is 1. The van der Waals surface area contributed by atoms with Crippen LogP contribution in [0.2, 0.25) is 0 Å². The van der Waals surface area contributed by atoms with Crippen molar-refractivity contribution in [3.05, 3.63) is 47.5 Å². The lowest BCUT2D eigenvalue weighted by Crippen LogP contribution is -2.58. The Bertz CT molecular complexity index is 1160. The van der Waals surface area contributed by atoms with E-state index in [2.05, 4.69) is 53.0 Å². The van der Waals surface area contributed by atoms with Crippen LogP contribution in [0.3, 0.4) is 0 Å². The second-order valence-electron chi connectivity index (χ2n) is 7.33. The van der Waals surface area contributed by atoms with Crippen LogP contribution >= 0.6 is 0 Å². The van der Waals surface area contributed by atoms with Gasteiger partial charge in [-0.3, -0.25) is 15.1 Å². The Morgan fingerprint density at radius 2 is 1.78 bits per heavy atom. The zero-order valence-electron chi connectivity index (χ0n) is 16.0. The minimum atomic E-state index is -0.599. The highest BCUT2D eigenvalue weighted by molar-refractivity contribution is 6.09. The van der Waals surface area contributed by atoms with Crippen LogP contribution in [0.25, 0.3) is 21.8 Å². The lowest BCUT2D eigenvalue weighted by atomic mass is 9.86. The van der Waals surface area contributed by atoms with Gasteiger partial charge >= 0.3 is 0 Å². The highest BCUT2D eigenvalue weighted by atomic mass is 16.2. The van der Waals surface area contributed by atoms with E-state index < -0.39 is 5.54 Å². The van der Waals surface area contributed by atoms with Crippen molar-refractivity contribution in [1.29, 1.82) is 5.41 Å². The third-order valence-corrected chi connectivity index (χ3v) is 5.52. The average molecular weight is 358 g/mol. The summed E-state index contributed by atoms with van der Waals surface area (Å²) in [5, 5.41) is 13.6. The monoisotopic (exact) mass is 358 g/mol. The number of guanidine groups is 1. The van der Waals surface area contributed by atoms with E-state index in [0.29, 0.717) is 6.42 Å². The summed E-state index contributed by atoms with van der Waals surface area (Å²) in [7, 11) is 3.69. The molecule has 2 aromatic carbocycles. The molecule has 1 atom stereocenters. The molecule has 1 fully saturated rings. The van der Waals surface area contributed by atoms with Crippen LogP contribution in [0.1, 0.15) is 31.4 Å². The molecule has 4 rings (SSSR count). The molecule has 1 aliphatic heterocycles. The van der Waals surface area contributed by atoms with Gasteiger partial charge in [-0.2, -0.15) is 0 Å². The van der Waals surface area contributed by atoms with Crippen LogP contribution in [-0.4, -0.2) is 28.4 Å². The molecule has 1 saturated heterocycles. The smallest absolute Gasteiger partial charge is 0.231 e. The lowest BCUT2D eigenvalue weighted by Gasteiger charge is -2.39. The Morgan fingerprint density at radius 3 is 2.44 bits per heavy atom. The van der Waals surface area contributed by atoms with E-state index in [4.69, 9.17) is 5.41 Å². The van der Waals surface area contributed by atoms with E-state index in [1.165, 1.54) is 4.90 Å². The van der Waals surface area contributed by atoms with Gasteiger partial charge in [0.25, 0.3) is 0 Å². The van der Waals surface area contributed by atoms with Crippen molar-refractivity contribution in [1.82, 2.24) is 14.8 Å². The first-order chi connectivity index (χ1) is 12.8. The van der Waals surface area contributed by atoms with Crippen LogP contribution < -0.4 is 5.32 Å². The second-order valence-corrected chi connectivity index (χ2v) is 7.33. The molecule has 27 heavy (non-hydrogen) atoms. The van der Waals surface area contributed by atoms with Crippen molar-refractivity contribution in [3.63, 3.8) is 0 Å². The topological polar surface area (TPSA) is 61.1 Å². The molecular weight excluding hydrogens is 336 g/mol. The van der Waals surface area contributed by atoms with E-state index in [1.54, 1.807) is 7.05 Å². The Kier molecular flexibility index (Phi) is 3.74. The number of fused-ring (bicyclic) bond motifs is 3. The van der Waals surface area contributed by atoms with E-state index >= 15 is 0 Å². The van der Waals surface area contributed by atoms with E-state index in [1.807, 2.05) is 26.0 Å². The van der Waals surface area contributed by atoms with Crippen molar-refractivity contribution >= 4 is 33.7 Å². The summed E-state index contributed by atoms with van der Waals surface area (Å²) in [6.45, 7) is 3.82. The molecule has 0 saturated carbocycles. The fourth-order valence-electron chi connectivity index (χ4n) is 3.89. The number of aryl methyl sites for hydroxylation is 1. The molecule has 1 aliphatic rings. The van der Waals surface area contributed by atoms with Crippen LogP contribution in [0.5, 0.6) is 0 Å².